The Morgan fingerprint density at radius 1 is 1.05 bits per heavy atom. The predicted molar refractivity (Wildman–Crippen MR) is 73.8 cm³/mol. The van der Waals surface area contributed by atoms with E-state index in [2.05, 4.69) is 0 Å². The SMILES string of the molecule is O=C(O)c1cc(F)c(F)cc1C(O)c1ccc(Cl)c(Cl)c1. The van der Waals surface area contributed by atoms with Gasteiger partial charge in [-0.1, -0.05) is 29.3 Å². The molecule has 0 radical (unpaired) electrons. The van der Waals surface area contributed by atoms with Gasteiger partial charge in [-0.15, -0.1) is 0 Å². The lowest BCUT2D eigenvalue weighted by molar-refractivity contribution is 0.0690. The first kappa shape index (κ1) is 15.7. The molecule has 0 aliphatic rings. The Balaban J connectivity index is 2.56. The van der Waals surface area contributed by atoms with Gasteiger partial charge in [-0.2, -0.15) is 0 Å². The Kier molecular flexibility index (Phi) is 4.46. The van der Waals surface area contributed by atoms with Crippen LogP contribution < -0.4 is 0 Å². The normalized spacial score (nSPS) is 12.2. The van der Waals surface area contributed by atoms with E-state index in [-0.39, 0.29) is 21.2 Å². The molecule has 0 saturated heterocycles. The second-order valence-corrected chi connectivity index (χ2v) is 5.05. The van der Waals surface area contributed by atoms with Gasteiger partial charge in [0.1, 0.15) is 6.10 Å². The van der Waals surface area contributed by atoms with E-state index in [1.807, 2.05) is 0 Å². The van der Waals surface area contributed by atoms with Crippen molar-refractivity contribution >= 4 is 29.2 Å². The van der Waals surface area contributed by atoms with Crippen LogP contribution in [0.2, 0.25) is 10.0 Å². The number of benzene rings is 2. The molecule has 2 rings (SSSR count). The molecule has 1 atom stereocenters. The third-order valence-corrected chi connectivity index (χ3v) is 3.62. The monoisotopic (exact) mass is 332 g/mol. The number of hydrogen-bond acceptors (Lipinski definition) is 2. The largest absolute Gasteiger partial charge is 0.478 e. The lowest BCUT2D eigenvalue weighted by Gasteiger charge is -2.15. The second-order valence-electron chi connectivity index (χ2n) is 4.23. The number of aliphatic hydroxyl groups excluding tert-OH is 1. The molecule has 1 unspecified atom stereocenters. The molecule has 2 N–H and O–H groups in total. The molecular formula is C14H8Cl2F2O3. The average Bonchev–Trinajstić information content (AvgIpc) is 2.43. The summed E-state index contributed by atoms with van der Waals surface area (Å²) in [5, 5.41) is 19.6. The van der Waals surface area contributed by atoms with Gasteiger partial charge in [-0.3, -0.25) is 0 Å². The summed E-state index contributed by atoms with van der Waals surface area (Å²) in [6, 6.07) is 5.30. The molecule has 0 aliphatic heterocycles. The van der Waals surface area contributed by atoms with Crippen molar-refractivity contribution in [2.45, 2.75) is 6.10 Å². The minimum absolute atomic E-state index is 0.146. The standard InChI is InChI=1S/C14H8Cl2F2O3/c15-9-2-1-6(3-10(9)16)13(19)7-4-11(17)12(18)5-8(7)14(20)21/h1-5,13,19H,(H,20,21). The Morgan fingerprint density at radius 2 is 1.67 bits per heavy atom. The molecule has 2 aromatic carbocycles. The van der Waals surface area contributed by atoms with Crippen LogP contribution in [0.5, 0.6) is 0 Å². The van der Waals surface area contributed by atoms with Gasteiger partial charge in [0, 0.05) is 5.56 Å². The van der Waals surface area contributed by atoms with Crippen molar-refractivity contribution in [3.63, 3.8) is 0 Å². The number of carbonyl (C=O) groups is 1. The number of aliphatic hydroxyl groups is 1. The summed E-state index contributed by atoms with van der Waals surface area (Å²) in [5.41, 5.74) is -0.606. The van der Waals surface area contributed by atoms with Gasteiger partial charge < -0.3 is 10.2 Å². The van der Waals surface area contributed by atoms with E-state index < -0.39 is 29.3 Å². The third-order valence-electron chi connectivity index (χ3n) is 2.88. The first-order valence-corrected chi connectivity index (χ1v) is 6.42. The highest BCUT2D eigenvalue weighted by molar-refractivity contribution is 6.42. The molecule has 0 spiro atoms. The van der Waals surface area contributed by atoms with E-state index in [9.17, 15) is 18.7 Å². The van der Waals surface area contributed by atoms with Crippen LogP contribution in [0.25, 0.3) is 0 Å². The third kappa shape index (κ3) is 3.15. The van der Waals surface area contributed by atoms with Crippen LogP contribution in [0, 0.1) is 11.6 Å². The molecule has 110 valence electrons. The molecule has 0 amide bonds. The number of halogens is 4. The van der Waals surface area contributed by atoms with Crippen molar-refractivity contribution in [2.75, 3.05) is 0 Å². The highest BCUT2D eigenvalue weighted by Crippen LogP contribution is 2.31. The summed E-state index contributed by atoms with van der Waals surface area (Å²) in [6.07, 6.45) is -1.49. The summed E-state index contributed by atoms with van der Waals surface area (Å²) in [5.74, 6) is -4.05. The van der Waals surface area contributed by atoms with Gasteiger partial charge in [0.25, 0.3) is 0 Å². The summed E-state index contributed by atoms with van der Waals surface area (Å²) in [7, 11) is 0. The van der Waals surface area contributed by atoms with Crippen molar-refractivity contribution in [3.8, 4) is 0 Å². The Hall–Kier alpha value is -1.69. The molecular weight excluding hydrogens is 325 g/mol. The van der Waals surface area contributed by atoms with Gasteiger partial charge in [0.15, 0.2) is 11.6 Å². The molecule has 7 heteroatoms. The molecule has 0 aliphatic carbocycles. The topological polar surface area (TPSA) is 57.5 Å². The fourth-order valence-corrected chi connectivity index (χ4v) is 2.14. The molecule has 2 aromatic rings. The average molecular weight is 333 g/mol. The first-order chi connectivity index (χ1) is 9.81. The van der Waals surface area contributed by atoms with Gasteiger partial charge in [0.05, 0.1) is 15.6 Å². The van der Waals surface area contributed by atoms with Gasteiger partial charge in [0.2, 0.25) is 0 Å². The molecule has 0 bridgehead atoms. The number of rotatable bonds is 3. The quantitative estimate of drug-likeness (QED) is 0.891. The van der Waals surface area contributed by atoms with E-state index in [1.165, 1.54) is 18.2 Å². The van der Waals surface area contributed by atoms with Crippen molar-refractivity contribution in [1.82, 2.24) is 0 Å². The van der Waals surface area contributed by atoms with Crippen LogP contribution in [0.3, 0.4) is 0 Å². The highest BCUT2D eigenvalue weighted by Gasteiger charge is 2.22. The highest BCUT2D eigenvalue weighted by atomic mass is 35.5. The van der Waals surface area contributed by atoms with Crippen molar-refractivity contribution in [3.05, 3.63) is 68.7 Å². The number of hydrogen-bond donors (Lipinski definition) is 2. The minimum Gasteiger partial charge on any atom is -0.478 e. The Morgan fingerprint density at radius 3 is 2.24 bits per heavy atom. The van der Waals surface area contributed by atoms with Gasteiger partial charge in [-0.25, -0.2) is 13.6 Å². The van der Waals surface area contributed by atoms with Crippen molar-refractivity contribution < 1.29 is 23.8 Å². The maximum absolute atomic E-state index is 13.3. The lowest BCUT2D eigenvalue weighted by atomic mass is 9.96. The first-order valence-electron chi connectivity index (χ1n) is 5.66. The van der Waals surface area contributed by atoms with Crippen LogP contribution in [0.15, 0.2) is 30.3 Å². The molecule has 0 fully saturated rings. The Bertz CT molecular complexity index is 720. The van der Waals surface area contributed by atoms with Crippen LogP contribution in [0.4, 0.5) is 8.78 Å². The summed E-state index contributed by atoms with van der Waals surface area (Å²) >= 11 is 11.6. The Labute approximate surface area is 128 Å². The molecule has 3 nitrogen and oxygen atoms in total. The maximum Gasteiger partial charge on any atom is 0.336 e. The van der Waals surface area contributed by atoms with E-state index >= 15 is 0 Å². The molecule has 21 heavy (non-hydrogen) atoms. The smallest absolute Gasteiger partial charge is 0.336 e. The summed E-state index contributed by atoms with van der Waals surface area (Å²) in [6.45, 7) is 0. The summed E-state index contributed by atoms with van der Waals surface area (Å²) < 4.78 is 26.5. The van der Waals surface area contributed by atoms with Crippen molar-refractivity contribution in [1.29, 1.82) is 0 Å². The molecule has 0 aromatic heterocycles. The summed E-state index contributed by atoms with van der Waals surface area (Å²) in [4.78, 5) is 11.1. The predicted octanol–water partition coefficient (Wildman–Crippen LogP) is 4.05. The molecule has 0 heterocycles. The number of carboxylic acid groups (broad SMARTS) is 1. The van der Waals surface area contributed by atoms with E-state index in [1.54, 1.807) is 0 Å². The van der Waals surface area contributed by atoms with Gasteiger partial charge in [-0.05, 0) is 29.8 Å². The maximum atomic E-state index is 13.3. The zero-order chi connectivity index (χ0) is 15.7. The van der Waals surface area contributed by atoms with Gasteiger partial charge >= 0.3 is 5.97 Å². The van der Waals surface area contributed by atoms with Crippen LogP contribution in [0.1, 0.15) is 27.6 Å². The van der Waals surface area contributed by atoms with E-state index in [0.29, 0.717) is 12.1 Å². The number of aromatic carboxylic acids is 1. The van der Waals surface area contributed by atoms with Crippen molar-refractivity contribution in [2.24, 2.45) is 0 Å². The van der Waals surface area contributed by atoms with Crippen LogP contribution >= 0.6 is 23.2 Å². The zero-order valence-corrected chi connectivity index (χ0v) is 11.8. The lowest BCUT2D eigenvalue weighted by Crippen LogP contribution is -2.10. The fraction of sp³-hybridized carbons (Fsp3) is 0.0714. The second kappa shape index (κ2) is 5.97. The van der Waals surface area contributed by atoms with Crippen LogP contribution in [-0.4, -0.2) is 16.2 Å². The van der Waals surface area contributed by atoms with E-state index in [4.69, 9.17) is 28.3 Å². The van der Waals surface area contributed by atoms with E-state index in [0.717, 1.165) is 0 Å². The number of carboxylic acids is 1. The zero-order valence-electron chi connectivity index (χ0n) is 10.3. The van der Waals surface area contributed by atoms with Crippen LogP contribution in [-0.2, 0) is 0 Å². The minimum atomic E-state index is -1.49. The molecule has 0 saturated carbocycles. The fourth-order valence-electron chi connectivity index (χ4n) is 1.84.